The zero-order chi connectivity index (χ0) is 42.8. The first kappa shape index (κ1) is 37.6. The lowest BCUT2D eigenvalue weighted by molar-refractivity contribution is 0.660. The molecule has 302 valence electrons. The highest BCUT2D eigenvalue weighted by molar-refractivity contribution is 6.06. The Hall–Kier alpha value is -8.14. The molecule has 12 rings (SSSR count). The van der Waals surface area contributed by atoms with Crippen molar-refractivity contribution in [3.8, 4) is 89.5 Å². The Labute approximate surface area is 373 Å². The van der Waals surface area contributed by atoms with Crippen molar-refractivity contribution in [1.29, 1.82) is 0 Å². The summed E-state index contributed by atoms with van der Waals surface area (Å²) in [7, 11) is 0. The highest BCUT2D eigenvalue weighted by Crippen LogP contribution is 2.53. The van der Waals surface area contributed by atoms with Crippen LogP contribution in [-0.2, 0) is 5.41 Å². The standard InChI is InChI=1S/C61H42N2O/c1-61(2)53-27-16-26-48(40-19-8-4-9-20-40)59(53)51-31-29-43(37-54(51)61)47-23-12-13-24-49(47)56-38-55(62-60(63-56)41-21-10-5-11-22-41)46-34-44(39-17-6-3-7-18-39)33-45(35-46)42-30-32-58-52(36-42)50-25-14-15-28-57(50)64-58/h3-38H,1-2H3. The minimum atomic E-state index is -0.181. The number of hydrogen-bond donors (Lipinski definition) is 0. The molecule has 0 radical (unpaired) electrons. The quantitative estimate of drug-likeness (QED) is 0.161. The maximum atomic E-state index is 6.23. The van der Waals surface area contributed by atoms with Crippen molar-refractivity contribution in [3.63, 3.8) is 0 Å². The molecule has 2 aromatic heterocycles. The van der Waals surface area contributed by atoms with Gasteiger partial charge in [-0.15, -0.1) is 0 Å². The van der Waals surface area contributed by atoms with Gasteiger partial charge in [0.1, 0.15) is 11.2 Å². The second kappa shape index (κ2) is 15.0. The van der Waals surface area contributed by atoms with Gasteiger partial charge in [-0.25, -0.2) is 9.97 Å². The van der Waals surface area contributed by atoms with E-state index in [1.54, 1.807) is 0 Å². The highest BCUT2D eigenvalue weighted by atomic mass is 16.3. The van der Waals surface area contributed by atoms with Gasteiger partial charge in [-0.3, -0.25) is 0 Å². The monoisotopic (exact) mass is 818 g/mol. The highest BCUT2D eigenvalue weighted by Gasteiger charge is 2.37. The van der Waals surface area contributed by atoms with Gasteiger partial charge in [0, 0.05) is 32.9 Å². The largest absolute Gasteiger partial charge is 0.456 e. The maximum absolute atomic E-state index is 6.23. The van der Waals surface area contributed by atoms with Gasteiger partial charge in [0.05, 0.1) is 11.4 Å². The van der Waals surface area contributed by atoms with Crippen molar-refractivity contribution >= 4 is 21.9 Å². The van der Waals surface area contributed by atoms with E-state index in [1.165, 1.54) is 33.4 Å². The number of nitrogens with zero attached hydrogens (tertiary/aromatic N) is 2. The Kier molecular flexibility index (Phi) is 8.84. The Bertz CT molecular complexity index is 3570. The van der Waals surface area contributed by atoms with Gasteiger partial charge in [-0.05, 0) is 115 Å². The molecule has 0 fully saturated rings. The summed E-state index contributed by atoms with van der Waals surface area (Å²) in [5.74, 6) is 0.680. The van der Waals surface area contributed by atoms with Crippen LogP contribution in [0.25, 0.3) is 111 Å². The van der Waals surface area contributed by atoms with Gasteiger partial charge in [0.2, 0.25) is 0 Å². The van der Waals surface area contributed by atoms with Crippen LogP contribution in [0.2, 0.25) is 0 Å². The number of para-hydroxylation sites is 1. The zero-order valence-corrected chi connectivity index (χ0v) is 35.6. The summed E-state index contributed by atoms with van der Waals surface area (Å²) >= 11 is 0. The van der Waals surface area contributed by atoms with Crippen molar-refractivity contribution in [1.82, 2.24) is 9.97 Å². The van der Waals surface area contributed by atoms with Gasteiger partial charge in [-0.2, -0.15) is 0 Å². The van der Waals surface area contributed by atoms with Crippen LogP contribution in [0.15, 0.2) is 223 Å². The first-order valence-corrected chi connectivity index (χ1v) is 22.0. The lowest BCUT2D eigenvalue weighted by Gasteiger charge is -2.22. The smallest absolute Gasteiger partial charge is 0.160 e. The summed E-state index contributed by atoms with van der Waals surface area (Å²) in [5, 5.41) is 2.21. The van der Waals surface area contributed by atoms with E-state index in [1.807, 2.05) is 18.2 Å². The average Bonchev–Trinajstić information content (AvgIpc) is 3.85. The minimum Gasteiger partial charge on any atom is -0.456 e. The molecule has 11 aromatic rings. The molecule has 0 saturated heterocycles. The second-order valence-electron chi connectivity index (χ2n) is 17.3. The average molecular weight is 819 g/mol. The third-order valence-electron chi connectivity index (χ3n) is 13.1. The van der Waals surface area contributed by atoms with Crippen LogP contribution >= 0.6 is 0 Å². The van der Waals surface area contributed by atoms with Crippen LogP contribution in [0.3, 0.4) is 0 Å². The van der Waals surface area contributed by atoms with Crippen molar-refractivity contribution in [2.45, 2.75) is 19.3 Å². The Balaban J connectivity index is 1.03. The summed E-state index contributed by atoms with van der Waals surface area (Å²) in [6.45, 7) is 4.72. The molecular formula is C61H42N2O. The number of furan rings is 1. The van der Waals surface area contributed by atoms with E-state index in [-0.39, 0.29) is 5.41 Å². The van der Waals surface area contributed by atoms with E-state index in [9.17, 15) is 0 Å². The lowest BCUT2D eigenvalue weighted by atomic mass is 9.81. The maximum Gasteiger partial charge on any atom is 0.160 e. The van der Waals surface area contributed by atoms with Crippen LogP contribution in [0.5, 0.6) is 0 Å². The molecule has 0 spiro atoms. The van der Waals surface area contributed by atoms with E-state index in [4.69, 9.17) is 14.4 Å². The van der Waals surface area contributed by atoms with Crippen LogP contribution in [-0.4, -0.2) is 9.97 Å². The molecule has 2 heterocycles. The van der Waals surface area contributed by atoms with E-state index in [0.29, 0.717) is 5.82 Å². The fraction of sp³-hybridized carbons (Fsp3) is 0.0492. The number of hydrogen-bond acceptors (Lipinski definition) is 3. The van der Waals surface area contributed by atoms with Crippen LogP contribution < -0.4 is 0 Å². The molecule has 1 aliphatic carbocycles. The third-order valence-corrected chi connectivity index (χ3v) is 13.1. The summed E-state index contributed by atoms with van der Waals surface area (Å²) in [6, 6.07) is 77.9. The molecule has 0 aliphatic heterocycles. The molecule has 3 nitrogen and oxygen atoms in total. The normalized spacial score (nSPS) is 12.7. The number of fused-ring (bicyclic) bond motifs is 6. The molecule has 64 heavy (non-hydrogen) atoms. The first-order valence-electron chi connectivity index (χ1n) is 22.0. The Morgan fingerprint density at radius 1 is 0.328 bits per heavy atom. The van der Waals surface area contributed by atoms with Gasteiger partial charge in [0.15, 0.2) is 5.82 Å². The number of rotatable bonds is 7. The fourth-order valence-corrected chi connectivity index (χ4v) is 9.87. The van der Waals surface area contributed by atoms with Crippen LogP contribution in [0, 0.1) is 0 Å². The molecule has 0 atom stereocenters. The molecule has 0 amide bonds. The fourth-order valence-electron chi connectivity index (χ4n) is 9.87. The van der Waals surface area contributed by atoms with Gasteiger partial charge >= 0.3 is 0 Å². The molecule has 1 aliphatic rings. The predicted octanol–water partition coefficient (Wildman–Crippen LogP) is 16.4. The number of aromatic nitrogens is 2. The topological polar surface area (TPSA) is 38.9 Å². The molecule has 3 heteroatoms. The van der Waals surface area contributed by atoms with Crippen LogP contribution in [0.4, 0.5) is 0 Å². The molecule has 9 aromatic carbocycles. The van der Waals surface area contributed by atoms with Crippen molar-refractivity contribution in [3.05, 3.63) is 230 Å². The van der Waals surface area contributed by atoms with E-state index in [2.05, 4.69) is 214 Å². The van der Waals surface area contributed by atoms with Crippen LogP contribution in [0.1, 0.15) is 25.0 Å². The summed E-state index contributed by atoms with van der Waals surface area (Å²) < 4.78 is 6.23. The summed E-state index contributed by atoms with van der Waals surface area (Å²) in [5.41, 5.74) is 20.9. The van der Waals surface area contributed by atoms with Crippen molar-refractivity contribution < 1.29 is 4.42 Å². The Morgan fingerprint density at radius 2 is 0.922 bits per heavy atom. The molecule has 0 unspecified atom stereocenters. The van der Waals surface area contributed by atoms with Crippen molar-refractivity contribution in [2.75, 3.05) is 0 Å². The third kappa shape index (κ3) is 6.36. The van der Waals surface area contributed by atoms with E-state index < -0.39 is 0 Å². The first-order chi connectivity index (χ1) is 31.5. The molecular weight excluding hydrogens is 777 g/mol. The molecule has 0 saturated carbocycles. The number of benzene rings is 9. The lowest BCUT2D eigenvalue weighted by Crippen LogP contribution is -2.15. The summed E-state index contributed by atoms with van der Waals surface area (Å²) in [4.78, 5) is 10.7. The zero-order valence-electron chi connectivity index (χ0n) is 35.6. The van der Waals surface area contributed by atoms with E-state index >= 15 is 0 Å². The predicted molar refractivity (Wildman–Crippen MR) is 265 cm³/mol. The Morgan fingerprint density at radius 3 is 1.70 bits per heavy atom. The van der Waals surface area contributed by atoms with Gasteiger partial charge in [-0.1, -0.05) is 184 Å². The van der Waals surface area contributed by atoms with E-state index in [0.717, 1.165) is 83.4 Å². The second-order valence-corrected chi connectivity index (χ2v) is 17.3. The minimum absolute atomic E-state index is 0.181. The van der Waals surface area contributed by atoms with Gasteiger partial charge < -0.3 is 4.42 Å². The SMILES string of the molecule is CC1(C)c2cc(-c3ccccc3-c3cc(-c4cc(-c5ccccc5)cc(-c5ccc6oc7ccccc7c6c5)c4)nc(-c4ccccc4)n3)ccc2-c2c(-c3ccccc3)cccc21. The molecule has 0 bridgehead atoms. The molecule has 0 N–H and O–H groups in total. The van der Waals surface area contributed by atoms with Crippen molar-refractivity contribution in [2.24, 2.45) is 0 Å². The van der Waals surface area contributed by atoms with Gasteiger partial charge in [0.25, 0.3) is 0 Å². The summed E-state index contributed by atoms with van der Waals surface area (Å²) in [6.07, 6.45) is 0.